The first-order valence-electron chi connectivity index (χ1n) is 6.28. The molecule has 2 heterocycles. The molecule has 0 amide bonds. The van der Waals surface area contributed by atoms with Gasteiger partial charge in [0.2, 0.25) is 5.88 Å². The first kappa shape index (κ1) is 12.6. The molecule has 0 radical (unpaired) electrons. The van der Waals surface area contributed by atoms with Crippen molar-refractivity contribution in [2.75, 3.05) is 6.61 Å². The molecule has 0 saturated carbocycles. The minimum Gasteiger partial charge on any atom is -0.478 e. The number of hydrogen-bond donors (Lipinski definition) is 0. The third-order valence-electron chi connectivity index (χ3n) is 2.68. The molecule has 0 aromatic carbocycles. The van der Waals surface area contributed by atoms with Crippen LogP contribution in [0.2, 0.25) is 0 Å². The summed E-state index contributed by atoms with van der Waals surface area (Å²) in [6, 6.07) is 5.89. The first-order valence-corrected chi connectivity index (χ1v) is 6.28. The molecule has 0 spiro atoms. The van der Waals surface area contributed by atoms with Crippen molar-refractivity contribution in [3.8, 4) is 5.88 Å². The van der Waals surface area contributed by atoms with E-state index in [-0.39, 0.29) is 0 Å². The molecule has 18 heavy (non-hydrogen) atoms. The predicted molar refractivity (Wildman–Crippen MR) is 68.7 cm³/mol. The van der Waals surface area contributed by atoms with Gasteiger partial charge < -0.3 is 9.26 Å². The van der Waals surface area contributed by atoms with Crippen LogP contribution in [0.5, 0.6) is 5.88 Å². The minimum absolute atomic E-state index is 0.638. The van der Waals surface area contributed by atoms with Crippen LogP contribution in [0, 0.1) is 6.92 Å². The Bertz CT molecular complexity index is 494. The Kier molecular flexibility index (Phi) is 4.34. The van der Waals surface area contributed by atoms with Crippen LogP contribution < -0.4 is 4.74 Å². The van der Waals surface area contributed by atoms with Crippen LogP contribution >= 0.6 is 0 Å². The van der Waals surface area contributed by atoms with E-state index in [2.05, 4.69) is 17.1 Å². The second kappa shape index (κ2) is 6.19. The molecule has 0 N–H and O–H groups in total. The smallest absolute Gasteiger partial charge is 0.213 e. The van der Waals surface area contributed by atoms with Crippen molar-refractivity contribution in [3.63, 3.8) is 0 Å². The van der Waals surface area contributed by atoms with Gasteiger partial charge in [0.15, 0.2) is 0 Å². The summed E-state index contributed by atoms with van der Waals surface area (Å²) >= 11 is 0. The van der Waals surface area contributed by atoms with E-state index in [0.29, 0.717) is 12.5 Å². The zero-order chi connectivity index (χ0) is 12.8. The lowest BCUT2D eigenvalue weighted by Gasteiger charge is -2.04. The molecule has 4 nitrogen and oxygen atoms in total. The second-order valence-electron chi connectivity index (χ2n) is 4.26. The van der Waals surface area contributed by atoms with Gasteiger partial charge in [0.05, 0.1) is 12.3 Å². The minimum atomic E-state index is 0.638. The van der Waals surface area contributed by atoms with Crippen molar-refractivity contribution in [2.24, 2.45) is 0 Å². The number of aryl methyl sites for hydroxylation is 3. The summed E-state index contributed by atoms with van der Waals surface area (Å²) in [5, 5.41) is 3.96. The third-order valence-corrected chi connectivity index (χ3v) is 2.68. The lowest BCUT2D eigenvalue weighted by atomic mass is 10.2. The molecule has 0 unspecified atom stereocenters. The van der Waals surface area contributed by atoms with Crippen molar-refractivity contribution in [2.45, 2.75) is 33.1 Å². The molecule has 2 rings (SSSR count). The Morgan fingerprint density at radius 2 is 2.22 bits per heavy atom. The van der Waals surface area contributed by atoms with E-state index in [1.165, 1.54) is 0 Å². The monoisotopic (exact) mass is 246 g/mol. The fraction of sp³-hybridized carbons (Fsp3) is 0.429. The van der Waals surface area contributed by atoms with Crippen molar-refractivity contribution in [3.05, 3.63) is 41.4 Å². The summed E-state index contributed by atoms with van der Waals surface area (Å²) in [5.41, 5.74) is 2.16. The Morgan fingerprint density at radius 1 is 1.33 bits per heavy atom. The fourth-order valence-corrected chi connectivity index (χ4v) is 1.65. The highest BCUT2D eigenvalue weighted by atomic mass is 16.5. The van der Waals surface area contributed by atoms with Gasteiger partial charge in [-0.2, -0.15) is 0 Å². The van der Waals surface area contributed by atoms with E-state index in [1.54, 1.807) is 6.20 Å². The largest absolute Gasteiger partial charge is 0.478 e. The van der Waals surface area contributed by atoms with E-state index in [1.807, 2.05) is 25.1 Å². The number of aromatic nitrogens is 2. The van der Waals surface area contributed by atoms with E-state index < -0.39 is 0 Å². The van der Waals surface area contributed by atoms with Gasteiger partial charge >= 0.3 is 0 Å². The summed E-state index contributed by atoms with van der Waals surface area (Å²) in [6.07, 6.45) is 4.41. The van der Waals surface area contributed by atoms with Gasteiger partial charge in [0.1, 0.15) is 5.76 Å². The zero-order valence-electron chi connectivity index (χ0n) is 10.8. The maximum absolute atomic E-state index is 5.57. The molecular weight excluding hydrogens is 228 g/mol. The van der Waals surface area contributed by atoms with Crippen molar-refractivity contribution >= 4 is 0 Å². The molecule has 0 bridgehead atoms. The predicted octanol–water partition coefficient (Wildman–Crippen LogP) is 2.95. The molecule has 0 aliphatic rings. The molecule has 0 fully saturated rings. The van der Waals surface area contributed by atoms with Crippen LogP contribution in [-0.2, 0) is 12.8 Å². The quantitative estimate of drug-likeness (QED) is 0.735. The molecule has 0 atom stereocenters. The van der Waals surface area contributed by atoms with E-state index >= 15 is 0 Å². The van der Waals surface area contributed by atoms with Crippen LogP contribution in [-0.4, -0.2) is 16.7 Å². The highest BCUT2D eigenvalue weighted by Gasteiger charge is 2.02. The lowest BCUT2D eigenvalue weighted by molar-refractivity contribution is 0.289. The van der Waals surface area contributed by atoms with Gasteiger partial charge in [0, 0.05) is 24.8 Å². The standard InChI is InChI=1S/C14H18N2O2/c1-3-12-10-13(18-16-12)5-4-8-17-14-9-11(2)6-7-15-14/h6-7,9-10H,3-5,8H2,1-2H3. The van der Waals surface area contributed by atoms with Gasteiger partial charge in [-0.05, 0) is 31.4 Å². The van der Waals surface area contributed by atoms with E-state index in [0.717, 1.165) is 36.3 Å². The van der Waals surface area contributed by atoms with Gasteiger partial charge in [-0.1, -0.05) is 12.1 Å². The van der Waals surface area contributed by atoms with Crippen LogP contribution in [0.25, 0.3) is 0 Å². The average molecular weight is 246 g/mol. The van der Waals surface area contributed by atoms with Crippen LogP contribution in [0.3, 0.4) is 0 Å². The molecule has 4 heteroatoms. The third kappa shape index (κ3) is 3.58. The van der Waals surface area contributed by atoms with Crippen molar-refractivity contribution in [1.82, 2.24) is 10.1 Å². The Hall–Kier alpha value is -1.84. The zero-order valence-corrected chi connectivity index (χ0v) is 10.8. The maximum atomic E-state index is 5.57. The highest BCUT2D eigenvalue weighted by Crippen LogP contribution is 2.10. The number of rotatable bonds is 6. The molecule has 2 aromatic heterocycles. The van der Waals surface area contributed by atoms with E-state index in [4.69, 9.17) is 9.26 Å². The number of ether oxygens (including phenoxy) is 1. The average Bonchev–Trinajstić information content (AvgIpc) is 2.83. The normalized spacial score (nSPS) is 10.6. The first-order chi connectivity index (χ1) is 8.78. The molecular formula is C14H18N2O2. The van der Waals surface area contributed by atoms with Gasteiger partial charge in [-0.25, -0.2) is 4.98 Å². The second-order valence-corrected chi connectivity index (χ2v) is 4.26. The SMILES string of the molecule is CCc1cc(CCCOc2cc(C)ccn2)on1. The van der Waals surface area contributed by atoms with Crippen LogP contribution in [0.1, 0.15) is 30.4 Å². The number of pyridine rings is 1. The Balaban J connectivity index is 1.72. The molecule has 96 valence electrons. The Morgan fingerprint density at radius 3 is 2.94 bits per heavy atom. The van der Waals surface area contributed by atoms with Crippen molar-refractivity contribution < 1.29 is 9.26 Å². The summed E-state index contributed by atoms with van der Waals surface area (Å²) in [5.74, 6) is 1.61. The van der Waals surface area contributed by atoms with E-state index in [9.17, 15) is 0 Å². The lowest BCUT2D eigenvalue weighted by Crippen LogP contribution is -2.00. The number of nitrogens with zero attached hydrogens (tertiary/aromatic N) is 2. The Labute approximate surface area is 107 Å². The summed E-state index contributed by atoms with van der Waals surface area (Å²) in [4.78, 5) is 4.14. The summed E-state index contributed by atoms with van der Waals surface area (Å²) in [7, 11) is 0. The molecule has 2 aromatic rings. The maximum Gasteiger partial charge on any atom is 0.213 e. The van der Waals surface area contributed by atoms with Crippen molar-refractivity contribution in [1.29, 1.82) is 0 Å². The number of hydrogen-bond acceptors (Lipinski definition) is 4. The summed E-state index contributed by atoms with van der Waals surface area (Å²) < 4.78 is 10.8. The molecule has 0 saturated heterocycles. The van der Waals surface area contributed by atoms with Crippen LogP contribution in [0.4, 0.5) is 0 Å². The topological polar surface area (TPSA) is 48.2 Å². The van der Waals surface area contributed by atoms with Crippen LogP contribution in [0.15, 0.2) is 28.9 Å². The van der Waals surface area contributed by atoms with Gasteiger partial charge in [-0.15, -0.1) is 0 Å². The fourth-order valence-electron chi connectivity index (χ4n) is 1.65. The highest BCUT2D eigenvalue weighted by molar-refractivity contribution is 5.18. The molecule has 0 aliphatic carbocycles. The summed E-state index contributed by atoms with van der Waals surface area (Å²) in [6.45, 7) is 4.72. The van der Waals surface area contributed by atoms with Gasteiger partial charge in [0.25, 0.3) is 0 Å². The van der Waals surface area contributed by atoms with Gasteiger partial charge in [-0.3, -0.25) is 0 Å². The molecule has 0 aliphatic heterocycles.